The molecule has 1 atom stereocenters. The Labute approximate surface area is 117 Å². The Morgan fingerprint density at radius 1 is 1.47 bits per heavy atom. The highest BCUT2D eigenvalue weighted by Crippen LogP contribution is 2.15. The molecule has 0 saturated carbocycles. The summed E-state index contributed by atoms with van der Waals surface area (Å²) in [4.78, 5) is 15.7. The van der Waals surface area contributed by atoms with Gasteiger partial charge in [-0.3, -0.25) is 0 Å². The molecule has 0 aliphatic rings. The zero-order chi connectivity index (χ0) is 14.7. The second-order valence-electron chi connectivity index (χ2n) is 4.62. The molecule has 1 heterocycles. The van der Waals surface area contributed by atoms with E-state index in [1.165, 1.54) is 25.4 Å². The summed E-state index contributed by atoms with van der Waals surface area (Å²) in [6.45, 7) is 5.10. The van der Waals surface area contributed by atoms with Crippen LogP contribution in [0.4, 0.5) is 4.79 Å². The largest absolute Gasteiger partial charge is 0.443 e. The van der Waals surface area contributed by atoms with E-state index in [0.29, 0.717) is 0 Å². The van der Waals surface area contributed by atoms with Crippen molar-refractivity contribution in [2.24, 2.45) is 4.36 Å². The molecule has 6 nitrogen and oxygen atoms in total. The third-order valence-corrected chi connectivity index (χ3v) is 3.96. The lowest BCUT2D eigenvalue weighted by Crippen LogP contribution is -2.25. The quantitative estimate of drug-likeness (QED) is 0.852. The van der Waals surface area contributed by atoms with Gasteiger partial charge in [-0.25, -0.2) is 18.7 Å². The summed E-state index contributed by atoms with van der Waals surface area (Å²) in [6.07, 6.45) is 0.400. The SMILES string of the molecule is CNS(=O)(=NC(=O)OC(C)(C)C)c1ccc(Cl)nc1. The van der Waals surface area contributed by atoms with Crippen molar-refractivity contribution in [2.75, 3.05) is 7.05 Å². The van der Waals surface area contributed by atoms with Crippen LogP contribution >= 0.6 is 11.6 Å². The lowest BCUT2D eigenvalue weighted by Gasteiger charge is -2.18. The third kappa shape index (κ3) is 4.77. The standard InChI is InChI=1S/C11H16ClN3O3S/c1-11(2,3)18-10(16)15-19(17,13-4)8-5-6-9(12)14-7-8/h5-7H,1-4H3,(H,13,15,16,17). The minimum atomic E-state index is -3.11. The van der Waals surface area contributed by atoms with Crippen molar-refractivity contribution in [3.63, 3.8) is 0 Å². The van der Waals surface area contributed by atoms with Gasteiger partial charge in [-0.2, -0.15) is 0 Å². The highest BCUT2D eigenvalue weighted by atomic mass is 35.5. The van der Waals surface area contributed by atoms with Crippen molar-refractivity contribution < 1.29 is 13.7 Å². The Morgan fingerprint density at radius 3 is 2.53 bits per heavy atom. The first-order valence-electron chi connectivity index (χ1n) is 5.46. The van der Waals surface area contributed by atoms with E-state index in [1.54, 1.807) is 20.8 Å². The zero-order valence-electron chi connectivity index (χ0n) is 11.1. The molecule has 0 aliphatic carbocycles. The number of ether oxygens (including phenoxy) is 1. The number of hydrogen-bond donors (Lipinski definition) is 1. The van der Waals surface area contributed by atoms with Crippen molar-refractivity contribution in [1.29, 1.82) is 0 Å². The first kappa shape index (κ1) is 15.9. The lowest BCUT2D eigenvalue weighted by atomic mass is 10.2. The average molecular weight is 306 g/mol. The number of amides is 1. The summed E-state index contributed by atoms with van der Waals surface area (Å²) >= 11 is 5.65. The summed E-state index contributed by atoms with van der Waals surface area (Å²) in [7, 11) is -1.68. The monoisotopic (exact) mass is 305 g/mol. The molecule has 1 rings (SSSR count). The molecule has 0 saturated heterocycles. The van der Waals surface area contributed by atoms with Gasteiger partial charge >= 0.3 is 6.09 Å². The molecule has 0 aliphatic heterocycles. The fourth-order valence-electron chi connectivity index (χ4n) is 1.13. The summed E-state index contributed by atoms with van der Waals surface area (Å²) in [5.41, 5.74) is -0.701. The van der Waals surface area contributed by atoms with Crippen LogP contribution < -0.4 is 4.72 Å². The Morgan fingerprint density at radius 2 is 2.11 bits per heavy atom. The predicted octanol–water partition coefficient (Wildman–Crippen LogP) is 2.63. The molecule has 0 fully saturated rings. The minimum Gasteiger partial charge on any atom is -0.442 e. The van der Waals surface area contributed by atoms with Crippen LogP contribution in [0.15, 0.2) is 27.6 Å². The van der Waals surface area contributed by atoms with Gasteiger partial charge in [-0.15, -0.1) is 4.36 Å². The molecule has 0 radical (unpaired) electrons. The van der Waals surface area contributed by atoms with Crippen LogP contribution in [0.5, 0.6) is 0 Å². The van der Waals surface area contributed by atoms with Crippen molar-refractivity contribution in [3.8, 4) is 0 Å². The van der Waals surface area contributed by atoms with Crippen LogP contribution in [-0.2, 0) is 14.7 Å². The number of nitrogens with zero attached hydrogens (tertiary/aromatic N) is 2. The molecule has 1 aromatic rings. The van der Waals surface area contributed by atoms with Gasteiger partial charge in [0, 0.05) is 6.20 Å². The Kier molecular flexibility index (Phi) is 4.89. The van der Waals surface area contributed by atoms with Crippen LogP contribution in [0.2, 0.25) is 5.15 Å². The smallest absolute Gasteiger partial charge is 0.442 e. The second kappa shape index (κ2) is 5.85. The van der Waals surface area contributed by atoms with Gasteiger partial charge in [0.15, 0.2) is 0 Å². The summed E-state index contributed by atoms with van der Waals surface area (Å²) in [5, 5.41) is 0.263. The number of halogens is 1. The van der Waals surface area contributed by atoms with E-state index in [2.05, 4.69) is 14.1 Å². The molecule has 1 N–H and O–H groups in total. The Hall–Kier alpha value is -1.18. The van der Waals surface area contributed by atoms with E-state index in [4.69, 9.17) is 16.3 Å². The normalized spacial score (nSPS) is 14.6. The maximum Gasteiger partial charge on any atom is 0.443 e. The van der Waals surface area contributed by atoms with Crippen molar-refractivity contribution in [1.82, 2.24) is 9.71 Å². The Balaban J connectivity index is 3.14. The van der Waals surface area contributed by atoms with Crippen LogP contribution in [0.3, 0.4) is 0 Å². The second-order valence-corrected chi connectivity index (χ2v) is 7.12. The van der Waals surface area contributed by atoms with Gasteiger partial charge in [0.25, 0.3) is 0 Å². The number of nitrogens with one attached hydrogen (secondary N) is 1. The van der Waals surface area contributed by atoms with Gasteiger partial charge in [0.05, 0.1) is 4.90 Å². The summed E-state index contributed by atoms with van der Waals surface area (Å²) < 4.78 is 23.6. The first-order valence-corrected chi connectivity index (χ1v) is 7.36. The number of aromatic nitrogens is 1. The van der Waals surface area contributed by atoms with Crippen LogP contribution in [0.25, 0.3) is 0 Å². The molecule has 1 unspecified atom stereocenters. The molecule has 0 bridgehead atoms. The van der Waals surface area contributed by atoms with Gasteiger partial charge in [0.2, 0.25) is 0 Å². The van der Waals surface area contributed by atoms with E-state index in [0.717, 1.165) is 0 Å². The molecule has 19 heavy (non-hydrogen) atoms. The molecule has 1 amide bonds. The molecular formula is C11H16ClN3O3S. The molecule has 0 aromatic carbocycles. The van der Waals surface area contributed by atoms with Crippen molar-refractivity contribution in [2.45, 2.75) is 31.3 Å². The van der Waals surface area contributed by atoms with E-state index in [-0.39, 0.29) is 10.0 Å². The van der Waals surface area contributed by atoms with Crippen LogP contribution in [0.1, 0.15) is 20.8 Å². The van der Waals surface area contributed by atoms with E-state index >= 15 is 0 Å². The van der Waals surface area contributed by atoms with Gasteiger partial charge < -0.3 is 4.74 Å². The van der Waals surface area contributed by atoms with Crippen molar-refractivity contribution in [3.05, 3.63) is 23.5 Å². The highest BCUT2D eigenvalue weighted by Gasteiger charge is 2.19. The predicted molar refractivity (Wildman–Crippen MR) is 73.4 cm³/mol. The number of carbonyl (C=O) groups is 1. The van der Waals surface area contributed by atoms with E-state index < -0.39 is 21.6 Å². The van der Waals surface area contributed by atoms with E-state index in [1.807, 2.05) is 0 Å². The highest BCUT2D eigenvalue weighted by molar-refractivity contribution is 7.92. The van der Waals surface area contributed by atoms with Crippen molar-refractivity contribution >= 4 is 27.6 Å². The number of pyridine rings is 1. The minimum absolute atomic E-state index is 0.255. The van der Waals surface area contributed by atoms with Gasteiger partial charge in [-0.05, 0) is 40.0 Å². The summed E-state index contributed by atoms with van der Waals surface area (Å²) in [6, 6.07) is 2.96. The number of hydrogen-bond acceptors (Lipinski definition) is 4. The molecule has 106 valence electrons. The lowest BCUT2D eigenvalue weighted by molar-refractivity contribution is 0.0607. The Bertz CT molecular complexity index is 572. The number of rotatable bonds is 2. The fraction of sp³-hybridized carbons (Fsp3) is 0.455. The van der Waals surface area contributed by atoms with Gasteiger partial charge in [0.1, 0.15) is 20.7 Å². The zero-order valence-corrected chi connectivity index (χ0v) is 12.7. The van der Waals surface area contributed by atoms with Gasteiger partial charge in [-0.1, -0.05) is 11.6 Å². The molecular weight excluding hydrogens is 290 g/mol. The molecule has 0 spiro atoms. The maximum absolute atomic E-state index is 12.5. The number of carbonyl (C=O) groups excluding carboxylic acids is 1. The first-order chi connectivity index (χ1) is 8.66. The topological polar surface area (TPSA) is 80.7 Å². The third-order valence-electron chi connectivity index (χ3n) is 1.89. The maximum atomic E-state index is 12.5. The van der Waals surface area contributed by atoms with Crippen LogP contribution in [-0.4, -0.2) is 27.9 Å². The van der Waals surface area contributed by atoms with Crippen LogP contribution in [0, 0.1) is 0 Å². The van der Waals surface area contributed by atoms with E-state index in [9.17, 15) is 9.00 Å². The molecule has 1 aromatic heterocycles. The molecule has 8 heteroatoms. The fourth-order valence-corrected chi connectivity index (χ4v) is 2.37. The average Bonchev–Trinajstić information content (AvgIpc) is 2.26. The summed E-state index contributed by atoms with van der Waals surface area (Å²) in [5.74, 6) is 0.